The molecule has 2 fully saturated rings. The van der Waals surface area contributed by atoms with E-state index in [-0.39, 0.29) is 29.6 Å². The van der Waals surface area contributed by atoms with Gasteiger partial charge < -0.3 is 5.11 Å². The number of hydrogen-bond donors (Lipinski definition) is 1. The topological polar surface area (TPSA) is 60.9 Å². The number of aliphatic hydroxyl groups is 1. The quantitative estimate of drug-likeness (QED) is 0.436. The molecule has 2 heterocycles. The number of aryl methyl sites for hydroxylation is 1. The lowest BCUT2D eigenvalue weighted by molar-refractivity contribution is -0.376. The van der Waals surface area contributed by atoms with Crippen LogP contribution in [0.5, 0.6) is 0 Å². The van der Waals surface area contributed by atoms with Crippen LogP contribution >= 0.6 is 11.6 Å². The van der Waals surface area contributed by atoms with Crippen LogP contribution in [0, 0.1) is 5.82 Å². The number of sulfonamides is 1. The van der Waals surface area contributed by atoms with Crippen molar-refractivity contribution in [2.24, 2.45) is 0 Å². The van der Waals surface area contributed by atoms with Crippen LogP contribution in [-0.4, -0.2) is 66.5 Å². The minimum atomic E-state index is -6.08. The van der Waals surface area contributed by atoms with Crippen molar-refractivity contribution in [2.75, 3.05) is 19.3 Å². The van der Waals surface area contributed by atoms with Crippen molar-refractivity contribution in [1.29, 1.82) is 0 Å². The first-order chi connectivity index (χ1) is 17.9. The van der Waals surface area contributed by atoms with Crippen LogP contribution in [0.4, 0.5) is 30.7 Å². The van der Waals surface area contributed by atoms with E-state index < -0.39 is 44.4 Å². The van der Waals surface area contributed by atoms with Gasteiger partial charge in [0.15, 0.2) is 0 Å². The van der Waals surface area contributed by atoms with E-state index >= 15 is 4.39 Å². The number of piperazine rings is 1. The summed E-state index contributed by atoms with van der Waals surface area (Å²) < 4.78 is 121. The van der Waals surface area contributed by atoms with E-state index in [2.05, 4.69) is 0 Å². The van der Waals surface area contributed by atoms with Gasteiger partial charge in [-0.05, 0) is 42.5 Å². The number of rotatable bonds is 6. The number of fused-ring (bicyclic) bond motifs is 2. The Morgan fingerprint density at radius 1 is 1.00 bits per heavy atom. The lowest BCUT2D eigenvalue weighted by Crippen LogP contribution is -2.54. The fourth-order valence-electron chi connectivity index (χ4n) is 5.71. The second-order valence-corrected chi connectivity index (χ2v) is 12.3. The van der Waals surface area contributed by atoms with Crippen molar-refractivity contribution in [3.05, 3.63) is 57.9 Å². The Hall–Kier alpha value is -1.93. The van der Waals surface area contributed by atoms with Gasteiger partial charge in [-0.3, -0.25) is 4.90 Å². The monoisotopic (exact) mass is 602 g/mol. The molecule has 0 aromatic heterocycles. The Morgan fingerprint density at radius 3 is 2.03 bits per heavy atom. The smallest absolute Gasteiger partial charge is 0.369 e. The molecule has 0 saturated carbocycles. The number of nitrogens with zero attached hydrogens (tertiary/aromatic N) is 2. The van der Waals surface area contributed by atoms with Gasteiger partial charge in [-0.25, -0.2) is 12.8 Å². The summed E-state index contributed by atoms with van der Waals surface area (Å²) in [5.74, 6) is -0.765. The molecule has 2 bridgehead atoms. The second-order valence-electron chi connectivity index (χ2n) is 10.0. The molecular weight excluding hydrogens is 577 g/mol. The molecule has 2 aliphatic rings. The van der Waals surface area contributed by atoms with Crippen molar-refractivity contribution >= 4 is 21.6 Å². The largest absolute Gasteiger partial charge is 0.430 e. The first-order valence-electron chi connectivity index (χ1n) is 12.1. The Morgan fingerprint density at radius 2 is 1.56 bits per heavy atom. The zero-order valence-electron chi connectivity index (χ0n) is 20.9. The highest BCUT2D eigenvalue weighted by molar-refractivity contribution is 7.88. The van der Waals surface area contributed by atoms with Crippen LogP contribution in [0.2, 0.25) is 5.02 Å². The summed E-state index contributed by atoms with van der Waals surface area (Å²) in [5.41, 5.74) is -5.86. The Kier molecular flexibility index (Phi) is 7.83. The van der Waals surface area contributed by atoms with E-state index in [0.29, 0.717) is 42.9 Å². The SMILES string of the molecule is CCc1cc(CN2CC3CCC(C2)N3S(C)(=O)=O)cc(F)c1-c1ccc(C(O)(C(F)(F)F)C(F)(F)F)cc1Cl. The molecule has 2 aromatic rings. The van der Waals surface area contributed by atoms with Gasteiger partial charge in [0.2, 0.25) is 10.0 Å². The van der Waals surface area contributed by atoms with Crippen molar-refractivity contribution in [2.45, 2.75) is 62.8 Å². The van der Waals surface area contributed by atoms with Crippen molar-refractivity contribution in [3.8, 4) is 11.1 Å². The molecule has 0 spiro atoms. The predicted molar refractivity (Wildman–Crippen MR) is 131 cm³/mol. The maximum absolute atomic E-state index is 15.4. The van der Waals surface area contributed by atoms with Crippen LogP contribution in [-0.2, 0) is 28.6 Å². The molecule has 0 amide bonds. The lowest BCUT2D eigenvalue weighted by atomic mass is 9.89. The minimum absolute atomic E-state index is 0.0673. The van der Waals surface area contributed by atoms with E-state index in [4.69, 9.17) is 11.6 Å². The zero-order valence-corrected chi connectivity index (χ0v) is 22.4. The third-order valence-electron chi connectivity index (χ3n) is 7.37. The maximum atomic E-state index is 15.4. The number of halogens is 8. The fourth-order valence-corrected chi connectivity index (χ4v) is 7.41. The highest BCUT2D eigenvalue weighted by atomic mass is 35.5. The van der Waals surface area contributed by atoms with E-state index in [1.165, 1.54) is 16.6 Å². The first-order valence-corrected chi connectivity index (χ1v) is 14.3. The molecule has 1 N–H and O–H groups in total. The predicted octanol–water partition coefficient (Wildman–Crippen LogP) is 5.63. The number of hydrogen-bond acceptors (Lipinski definition) is 4. The van der Waals surface area contributed by atoms with Crippen LogP contribution < -0.4 is 0 Å². The summed E-state index contributed by atoms with van der Waals surface area (Å²) in [7, 11) is -3.35. The normalized spacial score (nSPS) is 21.5. The number of benzene rings is 2. The highest BCUT2D eigenvalue weighted by Crippen LogP contribution is 2.51. The number of alkyl halides is 6. The van der Waals surface area contributed by atoms with Crippen LogP contribution in [0.25, 0.3) is 11.1 Å². The zero-order chi connectivity index (χ0) is 29.1. The van der Waals surface area contributed by atoms with Gasteiger partial charge in [0.05, 0.1) is 6.26 Å². The lowest BCUT2D eigenvalue weighted by Gasteiger charge is -2.39. The minimum Gasteiger partial charge on any atom is -0.369 e. The summed E-state index contributed by atoms with van der Waals surface area (Å²) >= 11 is 6.08. The van der Waals surface area contributed by atoms with Gasteiger partial charge in [0, 0.05) is 53.4 Å². The fraction of sp³-hybridized carbons (Fsp3) is 0.520. The summed E-state index contributed by atoms with van der Waals surface area (Å²) in [5, 5.41) is 9.08. The van der Waals surface area contributed by atoms with Gasteiger partial charge in [-0.15, -0.1) is 0 Å². The molecule has 2 aliphatic heterocycles. The van der Waals surface area contributed by atoms with E-state index in [9.17, 15) is 39.9 Å². The van der Waals surface area contributed by atoms with Crippen molar-refractivity contribution in [1.82, 2.24) is 9.21 Å². The van der Waals surface area contributed by atoms with Crippen molar-refractivity contribution in [3.63, 3.8) is 0 Å². The average molecular weight is 603 g/mol. The molecule has 14 heteroatoms. The molecule has 216 valence electrons. The second kappa shape index (κ2) is 10.2. The van der Waals surface area contributed by atoms with Crippen LogP contribution in [0.1, 0.15) is 36.5 Å². The molecule has 0 aliphatic carbocycles. The van der Waals surface area contributed by atoms with Crippen LogP contribution in [0.15, 0.2) is 30.3 Å². The van der Waals surface area contributed by atoms with Gasteiger partial charge >= 0.3 is 12.4 Å². The van der Waals surface area contributed by atoms with Crippen LogP contribution in [0.3, 0.4) is 0 Å². The standard InChI is InChI=1S/C25H26ClF7N2O3S/c1-3-15-8-14(11-34-12-17-5-6-18(13-34)35(17)39(2,37)38)9-21(27)22(15)19-7-4-16(10-20(19)26)23(36,24(28,29)30)25(31,32)33/h4,7-10,17-18,36H,3,5-6,11-13H2,1-2H3. The summed E-state index contributed by atoms with van der Waals surface area (Å²) in [4.78, 5) is 2.04. The maximum Gasteiger partial charge on any atom is 0.430 e. The Balaban J connectivity index is 1.64. The first kappa shape index (κ1) is 30.0. The molecule has 0 radical (unpaired) electrons. The number of likely N-dealkylation sites (tertiary alicyclic amines) is 1. The molecule has 2 unspecified atom stereocenters. The average Bonchev–Trinajstić information content (AvgIpc) is 3.09. The van der Waals surface area contributed by atoms with Gasteiger partial charge in [-0.1, -0.05) is 36.7 Å². The third kappa shape index (κ3) is 5.40. The summed E-state index contributed by atoms with van der Waals surface area (Å²) in [6.45, 7) is 2.99. The molecule has 4 rings (SSSR count). The summed E-state index contributed by atoms with van der Waals surface area (Å²) in [6, 6.07) is 4.20. The van der Waals surface area contributed by atoms with Gasteiger partial charge in [-0.2, -0.15) is 30.6 Å². The molecule has 2 saturated heterocycles. The van der Waals surface area contributed by atoms with Gasteiger partial charge in [0.25, 0.3) is 5.60 Å². The van der Waals surface area contributed by atoms with E-state index in [0.717, 1.165) is 18.9 Å². The Labute approximate surface area is 226 Å². The van der Waals surface area contributed by atoms with E-state index in [1.807, 2.05) is 4.90 Å². The third-order valence-corrected chi connectivity index (χ3v) is 9.04. The van der Waals surface area contributed by atoms with Crippen molar-refractivity contribution < 1.29 is 44.3 Å². The molecule has 5 nitrogen and oxygen atoms in total. The Bertz CT molecular complexity index is 1340. The molecular formula is C25H26ClF7N2O3S. The van der Waals surface area contributed by atoms with Gasteiger partial charge in [0.1, 0.15) is 5.82 Å². The highest BCUT2D eigenvalue weighted by Gasteiger charge is 2.71. The summed E-state index contributed by atoms with van der Waals surface area (Å²) in [6.07, 6.45) is -9.24. The van der Waals surface area contributed by atoms with E-state index in [1.54, 1.807) is 13.0 Å². The molecule has 2 atom stereocenters. The molecule has 2 aromatic carbocycles. The molecule has 39 heavy (non-hydrogen) atoms.